The van der Waals surface area contributed by atoms with E-state index in [4.69, 9.17) is 18.9 Å². The fraction of sp³-hybridized carbons (Fsp3) is 0.300. The second-order valence-electron chi connectivity index (χ2n) is 5.18. The number of nitrogens with zero attached hydrogens (tertiary/aromatic N) is 2. The molecule has 0 amide bonds. The fourth-order valence-electron chi connectivity index (χ4n) is 2.28. The minimum atomic E-state index is 0.583. The molecule has 2 rings (SSSR count). The van der Waals surface area contributed by atoms with Crippen LogP contribution in [0.25, 0.3) is 0 Å². The van der Waals surface area contributed by atoms with Crippen molar-refractivity contribution in [1.29, 1.82) is 0 Å². The molecule has 0 N–H and O–H groups in total. The van der Waals surface area contributed by atoms with E-state index in [0.29, 0.717) is 36.2 Å². The van der Waals surface area contributed by atoms with Gasteiger partial charge in [-0.25, -0.2) is 0 Å². The van der Waals surface area contributed by atoms with Gasteiger partial charge in [-0.2, -0.15) is 10.2 Å². The molecule has 0 atom stereocenters. The number of benzene rings is 2. The third-order valence-electron chi connectivity index (χ3n) is 3.46. The van der Waals surface area contributed by atoms with Gasteiger partial charge in [0.05, 0.1) is 39.9 Å². The van der Waals surface area contributed by atoms with Crippen molar-refractivity contribution in [3.63, 3.8) is 0 Å². The molecule has 0 aliphatic heterocycles. The van der Waals surface area contributed by atoms with Gasteiger partial charge in [0.2, 0.25) is 0 Å². The van der Waals surface area contributed by atoms with E-state index in [0.717, 1.165) is 11.1 Å². The molecule has 0 aromatic heterocycles. The van der Waals surface area contributed by atoms with Crippen molar-refractivity contribution in [2.75, 3.05) is 27.4 Å². The summed E-state index contributed by atoms with van der Waals surface area (Å²) in [5.41, 5.74) is 1.73. The summed E-state index contributed by atoms with van der Waals surface area (Å²) < 4.78 is 21.6. The maximum absolute atomic E-state index is 5.49. The Balaban J connectivity index is 2.08. The first-order valence-electron chi connectivity index (χ1n) is 8.39. The van der Waals surface area contributed by atoms with E-state index in [1.54, 1.807) is 26.6 Å². The van der Waals surface area contributed by atoms with Crippen LogP contribution in [0.15, 0.2) is 46.6 Å². The maximum atomic E-state index is 5.49. The van der Waals surface area contributed by atoms with Crippen LogP contribution in [0.2, 0.25) is 0 Å². The highest BCUT2D eigenvalue weighted by molar-refractivity contribution is 5.84. The van der Waals surface area contributed by atoms with Crippen LogP contribution in [0, 0.1) is 0 Å². The van der Waals surface area contributed by atoms with Crippen molar-refractivity contribution in [2.45, 2.75) is 13.8 Å². The summed E-state index contributed by atoms with van der Waals surface area (Å²) in [6.45, 7) is 5.03. The third kappa shape index (κ3) is 5.24. The summed E-state index contributed by atoms with van der Waals surface area (Å²) in [5, 5.41) is 8.16. The second-order valence-corrected chi connectivity index (χ2v) is 5.18. The van der Waals surface area contributed by atoms with E-state index in [2.05, 4.69) is 10.2 Å². The van der Waals surface area contributed by atoms with Gasteiger partial charge in [-0.15, -0.1) is 0 Å². The van der Waals surface area contributed by atoms with Gasteiger partial charge in [0.25, 0.3) is 0 Å². The third-order valence-corrected chi connectivity index (χ3v) is 3.46. The van der Waals surface area contributed by atoms with Crippen molar-refractivity contribution < 1.29 is 18.9 Å². The van der Waals surface area contributed by atoms with Gasteiger partial charge in [-0.3, -0.25) is 0 Å². The Morgan fingerprint density at radius 3 is 1.46 bits per heavy atom. The SMILES string of the molecule is CCOc1ccc(C=NN=Cc2ccc(OCC)c(OC)c2)cc1OC. The van der Waals surface area contributed by atoms with Crippen LogP contribution in [0.5, 0.6) is 23.0 Å². The Morgan fingerprint density at radius 1 is 0.692 bits per heavy atom. The van der Waals surface area contributed by atoms with Gasteiger partial charge >= 0.3 is 0 Å². The van der Waals surface area contributed by atoms with E-state index in [-0.39, 0.29) is 0 Å². The lowest BCUT2D eigenvalue weighted by atomic mass is 10.2. The summed E-state index contributed by atoms with van der Waals surface area (Å²) >= 11 is 0. The van der Waals surface area contributed by atoms with E-state index >= 15 is 0 Å². The Kier molecular flexibility index (Phi) is 7.49. The first kappa shape index (κ1) is 19.3. The molecule has 0 spiro atoms. The molecule has 6 nitrogen and oxygen atoms in total. The maximum Gasteiger partial charge on any atom is 0.161 e. The molecule has 0 fully saturated rings. The normalized spacial score (nSPS) is 11.1. The number of methoxy groups -OCH3 is 2. The first-order valence-corrected chi connectivity index (χ1v) is 8.39. The predicted molar refractivity (Wildman–Crippen MR) is 104 cm³/mol. The smallest absolute Gasteiger partial charge is 0.161 e. The second kappa shape index (κ2) is 10.1. The molecule has 0 aliphatic rings. The number of hydrogen-bond acceptors (Lipinski definition) is 6. The van der Waals surface area contributed by atoms with E-state index in [9.17, 15) is 0 Å². The van der Waals surface area contributed by atoms with Crippen molar-refractivity contribution in [1.82, 2.24) is 0 Å². The lowest BCUT2D eigenvalue weighted by molar-refractivity contribution is 0.311. The average molecular weight is 356 g/mol. The van der Waals surface area contributed by atoms with Crippen LogP contribution in [0.3, 0.4) is 0 Å². The molecule has 0 aliphatic carbocycles. The Labute approximate surface area is 154 Å². The summed E-state index contributed by atoms with van der Waals surface area (Å²) in [7, 11) is 3.21. The van der Waals surface area contributed by atoms with E-state index in [1.807, 2.05) is 50.2 Å². The molecule has 0 saturated heterocycles. The van der Waals surface area contributed by atoms with Crippen LogP contribution < -0.4 is 18.9 Å². The average Bonchev–Trinajstić information content (AvgIpc) is 2.67. The molecule has 6 heteroatoms. The molecular weight excluding hydrogens is 332 g/mol. The lowest BCUT2D eigenvalue weighted by Gasteiger charge is -2.09. The molecule has 0 saturated carbocycles. The minimum absolute atomic E-state index is 0.583. The van der Waals surface area contributed by atoms with Gasteiger partial charge < -0.3 is 18.9 Å². The van der Waals surface area contributed by atoms with Crippen molar-refractivity contribution in [3.8, 4) is 23.0 Å². The number of rotatable bonds is 9. The molecule has 0 heterocycles. The standard InChI is InChI=1S/C20H24N2O4/c1-5-25-17-9-7-15(11-19(17)23-3)13-21-22-14-16-8-10-18(26-6-2)20(12-16)24-4/h7-14H,5-6H2,1-4H3. The van der Waals surface area contributed by atoms with Gasteiger partial charge in [0.1, 0.15) is 0 Å². The zero-order chi connectivity index (χ0) is 18.8. The molecule has 2 aromatic carbocycles. The van der Waals surface area contributed by atoms with Crippen molar-refractivity contribution in [2.24, 2.45) is 10.2 Å². The van der Waals surface area contributed by atoms with Gasteiger partial charge in [-0.1, -0.05) is 0 Å². The highest BCUT2D eigenvalue weighted by Crippen LogP contribution is 2.28. The highest BCUT2D eigenvalue weighted by Gasteiger charge is 2.05. The molecule has 138 valence electrons. The summed E-state index contributed by atoms with van der Waals surface area (Å²) in [4.78, 5) is 0. The van der Waals surface area contributed by atoms with Crippen LogP contribution in [0.4, 0.5) is 0 Å². The van der Waals surface area contributed by atoms with Gasteiger partial charge in [-0.05, 0) is 61.4 Å². The molecule has 26 heavy (non-hydrogen) atoms. The van der Waals surface area contributed by atoms with Crippen LogP contribution in [-0.4, -0.2) is 39.9 Å². The fourth-order valence-corrected chi connectivity index (χ4v) is 2.28. The highest BCUT2D eigenvalue weighted by atomic mass is 16.5. The Hall–Kier alpha value is -3.02. The zero-order valence-corrected chi connectivity index (χ0v) is 15.6. The largest absolute Gasteiger partial charge is 0.493 e. The van der Waals surface area contributed by atoms with Crippen LogP contribution >= 0.6 is 0 Å². The quantitative estimate of drug-likeness (QED) is 0.504. The van der Waals surface area contributed by atoms with E-state index in [1.165, 1.54) is 0 Å². The first-order chi connectivity index (χ1) is 12.7. The molecule has 0 bridgehead atoms. The summed E-state index contributed by atoms with van der Waals surface area (Å²) in [6.07, 6.45) is 3.31. The number of ether oxygens (including phenoxy) is 4. The van der Waals surface area contributed by atoms with Crippen molar-refractivity contribution in [3.05, 3.63) is 47.5 Å². The van der Waals surface area contributed by atoms with Crippen LogP contribution in [-0.2, 0) is 0 Å². The number of hydrogen-bond donors (Lipinski definition) is 0. The Morgan fingerprint density at radius 2 is 1.12 bits per heavy atom. The topological polar surface area (TPSA) is 61.6 Å². The summed E-state index contributed by atoms with van der Waals surface area (Å²) in [6, 6.07) is 11.2. The van der Waals surface area contributed by atoms with Gasteiger partial charge in [0.15, 0.2) is 23.0 Å². The zero-order valence-electron chi connectivity index (χ0n) is 15.6. The molecule has 0 unspecified atom stereocenters. The lowest BCUT2D eigenvalue weighted by Crippen LogP contribution is -1.96. The van der Waals surface area contributed by atoms with E-state index < -0.39 is 0 Å². The predicted octanol–water partition coefficient (Wildman–Crippen LogP) is 3.95. The van der Waals surface area contributed by atoms with Crippen molar-refractivity contribution >= 4 is 12.4 Å². The monoisotopic (exact) mass is 356 g/mol. The Bertz CT molecular complexity index is 707. The van der Waals surface area contributed by atoms with Crippen LogP contribution in [0.1, 0.15) is 25.0 Å². The van der Waals surface area contributed by atoms with Gasteiger partial charge in [0, 0.05) is 0 Å². The summed E-state index contributed by atoms with van der Waals surface area (Å²) in [5.74, 6) is 2.74. The molecular formula is C20H24N2O4. The molecule has 0 radical (unpaired) electrons. The molecule has 2 aromatic rings. The minimum Gasteiger partial charge on any atom is -0.493 e.